The molecular formula is C14H21N3O3. The van der Waals surface area contributed by atoms with Gasteiger partial charge in [0.1, 0.15) is 5.82 Å². The van der Waals surface area contributed by atoms with Crippen molar-refractivity contribution in [1.29, 1.82) is 0 Å². The second kappa shape index (κ2) is 6.65. The molecule has 3 N–H and O–H groups in total. The van der Waals surface area contributed by atoms with E-state index in [1.165, 1.54) is 6.07 Å². The molecule has 1 amide bonds. The van der Waals surface area contributed by atoms with Gasteiger partial charge in [0.25, 0.3) is 5.56 Å². The number of carbonyl (C=O) groups is 1. The Morgan fingerprint density at radius 3 is 3.05 bits per heavy atom. The number of H-pyrrole nitrogens is 1. The van der Waals surface area contributed by atoms with Crippen LogP contribution in [0.5, 0.6) is 0 Å². The average Bonchev–Trinajstić information content (AvgIpc) is 2.37. The Morgan fingerprint density at radius 1 is 1.55 bits per heavy atom. The van der Waals surface area contributed by atoms with Crippen LogP contribution in [0.4, 0.5) is 0 Å². The lowest BCUT2D eigenvalue weighted by Crippen LogP contribution is -2.36. The Kier molecular flexibility index (Phi) is 4.89. The molecule has 0 saturated heterocycles. The van der Waals surface area contributed by atoms with Gasteiger partial charge in [-0.1, -0.05) is 6.42 Å². The first kappa shape index (κ1) is 14.7. The minimum atomic E-state index is -0.353. The highest BCUT2D eigenvalue weighted by Gasteiger charge is 2.25. The predicted molar refractivity (Wildman–Crippen MR) is 74.3 cm³/mol. The van der Waals surface area contributed by atoms with E-state index in [0.29, 0.717) is 30.9 Å². The minimum absolute atomic E-state index is 0.0150. The van der Waals surface area contributed by atoms with Gasteiger partial charge in [-0.2, -0.15) is 0 Å². The number of hydrogen-bond donors (Lipinski definition) is 3. The number of aromatic nitrogens is 2. The van der Waals surface area contributed by atoms with Crippen LogP contribution in [0.3, 0.4) is 0 Å². The molecule has 0 bridgehead atoms. The monoisotopic (exact) mass is 279 g/mol. The highest BCUT2D eigenvalue weighted by molar-refractivity contribution is 5.78. The smallest absolute Gasteiger partial charge is 0.251 e. The summed E-state index contributed by atoms with van der Waals surface area (Å²) in [6, 6.07) is 1.44. The van der Waals surface area contributed by atoms with Crippen LogP contribution in [0.15, 0.2) is 10.9 Å². The van der Waals surface area contributed by atoms with Crippen molar-refractivity contribution in [3.63, 3.8) is 0 Å². The lowest BCUT2D eigenvalue weighted by atomic mass is 9.87. The molecule has 0 unspecified atom stereocenters. The predicted octanol–water partition coefficient (Wildman–Crippen LogP) is 0.288. The Labute approximate surface area is 117 Å². The first-order valence-corrected chi connectivity index (χ1v) is 7.07. The van der Waals surface area contributed by atoms with E-state index in [4.69, 9.17) is 0 Å². The van der Waals surface area contributed by atoms with Crippen molar-refractivity contribution in [2.45, 2.75) is 45.1 Å². The molecule has 0 aliphatic heterocycles. The Morgan fingerprint density at radius 2 is 2.35 bits per heavy atom. The number of aromatic amines is 1. The van der Waals surface area contributed by atoms with E-state index in [0.717, 1.165) is 19.3 Å². The number of amides is 1. The normalized spacial score (nSPS) is 22.5. The maximum atomic E-state index is 12.0. The summed E-state index contributed by atoms with van der Waals surface area (Å²) in [5, 5.41) is 12.4. The molecule has 1 aromatic heterocycles. The second-order valence-electron chi connectivity index (χ2n) is 5.39. The lowest BCUT2D eigenvalue weighted by molar-refractivity contribution is -0.127. The minimum Gasteiger partial charge on any atom is -0.393 e. The van der Waals surface area contributed by atoms with Crippen molar-refractivity contribution in [3.05, 3.63) is 27.9 Å². The Hall–Kier alpha value is -1.69. The van der Waals surface area contributed by atoms with E-state index >= 15 is 0 Å². The molecule has 0 aromatic carbocycles. The van der Waals surface area contributed by atoms with Gasteiger partial charge in [0, 0.05) is 30.6 Å². The summed E-state index contributed by atoms with van der Waals surface area (Å²) in [4.78, 5) is 30.1. The summed E-state index contributed by atoms with van der Waals surface area (Å²) in [6.07, 6.45) is 3.21. The third kappa shape index (κ3) is 4.16. The molecule has 2 rings (SSSR count). The number of carbonyl (C=O) groups excluding carboxylic acids is 1. The summed E-state index contributed by atoms with van der Waals surface area (Å²) in [5.41, 5.74) is 0.500. The second-order valence-corrected chi connectivity index (χ2v) is 5.39. The van der Waals surface area contributed by atoms with Crippen molar-refractivity contribution in [1.82, 2.24) is 15.3 Å². The van der Waals surface area contributed by atoms with E-state index in [-0.39, 0.29) is 23.5 Å². The fraction of sp³-hybridized carbons (Fsp3) is 0.643. The number of nitrogens with zero attached hydrogens (tertiary/aromatic N) is 1. The molecular weight excluding hydrogens is 258 g/mol. The summed E-state index contributed by atoms with van der Waals surface area (Å²) in [7, 11) is 0. The SMILES string of the molecule is Cc1cc(=O)[nH]c(CCNC(=O)[C@H]2CCC[C@H](O)C2)n1. The summed E-state index contributed by atoms with van der Waals surface area (Å²) in [5.74, 6) is 0.473. The van der Waals surface area contributed by atoms with Gasteiger partial charge >= 0.3 is 0 Å². The van der Waals surface area contributed by atoms with E-state index < -0.39 is 0 Å². The van der Waals surface area contributed by atoms with E-state index in [1.54, 1.807) is 6.92 Å². The quantitative estimate of drug-likeness (QED) is 0.738. The van der Waals surface area contributed by atoms with Crippen LogP contribution in [0.2, 0.25) is 0 Å². The molecule has 6 nitrogen and oxygen atoms in total. The van der Waals surface area contributed by atoms with E-state index in [1.807, 2.05) is 0 Å². The van der Waals surface area contributed by atoms with Crippen molar-refractivity contribution < 1.29 is 9.90 Å². The van der Waals surface area contributed by atoms with Crippen LogP contribution < -0.4 is 10.9 Å². The Balaban J connectivity index is 1.80. The topological polar surface area (TPSA) is 95.1 Å². The molecule has 0 spiro atoms. The highest BCUT2D eigenvalue weighted by atomic mass is 16.3. The average molecular weight is 279 g/mol. The number of aliphatic hydroxyl groups is 1. The fourth-order valence-corrected chi connectivity index (χ4v) is 2.61. The molecule has 20 heavy (non-hydrogen) atoms. The third-order valence-electron chi connectivity index (χ3n) is 3.60. The maximum absolute atomic E-state index is 12.0. The highest BCUT2D eigenvalue weighted by Crippen LogP contribution is 2.24. The van der Waals surface area contributed by atoms with E-state index in [2.05, 4.69) is 15.3 Å². The molecule has 110 valence electrons. The van der Waals surface area contributed by atoms with Gasteiger partial charge in [-0.3, -0.25) is 9.59 Å². The lowest BCUT2D eigenvalue weighted by Gasteiger charge is -2.24. The molecule has 1 saturated carbocycles. The number of aryl methyl sites for hydroxylation is 1. The largest absolute Gasteiger partial charge is 0.393 e. The van der Waals surface area contributed by atoms with Crippen LogP contribution in [-0.4, -0.2) is 33.6 Å². The molecule has 1 aliphatic rings. The Bertz CT molecular complexity index is 527. The van der Waals surface area contributed by atoms with Crippen LogP contribution in [0.1, 0.15) is 37.2 Å². The number of hydrogen-bond acceptors (Lipinski definition) is 4. The molecule has 1 aromatic rings. The zero-order valence-electron chi connectivity index (χ0n) is 11.7. The fourth-order valence-electron chi connectivity index (χ4n) is 2.61. The third-order valence-corrected chi connectivity index (χ3v) is 3.60. The molecule has 2 atom stereocenters. The first-order chi connectivity index (χ1) is 9.54. The summed E-state index contributed by atoms with van der Waals surface area (Å²) >= 11 is 0. The molecule has 1 aliphatic carbocycles. The molecule has 1 fully saturated rings. The van der Waals surface area contributed by atoms with Crippen molar-refractivity contribution in [2.24, 2.45) is 5.92 Å². The van der Waals surface area contributed by atoms with Crippen molar-refractivity contribution in [2.75, 3.05) is 6.54 Å². The van der Waals surface area contributed by atoms with Gasteiger partial charge in [0.2, 0.25) is 5.91 Å². The summed E-state index contributed by atoms with van der Waals surface area (Å²) in [6.45, 7) is 2.21. The standard InChI is InChI=1S/C14H21N3O3/c1-9-7-13(19)17-12(16-9)5-6-15-14(20)10-3-2-4-11(18)8-10/h7,10-11,18H,2-6,8H2,1H3,(H,15,20)(H,16,17,19)/t10-,11-/m0/s1. The van der Waals surface area contributed by atoms with E-state index in [9.17, 15) is 14.7 Å². The van der Waals surface area contributed by atoms with Crippen LogP contribution in [-0.2, 0) is 11.2 Å². The number of nitrogens with one attached hydrogen (secondary N) is 2. The van der Waals surface area contributed by atoms with Crippen LogP contribution in [0.25, 0.3) is 0 Å². The summed E-state index contributed by atoms with van der Waals surface area (Å²) < 4.78 is 0. The van der Waals surface area contributed by atoms with Gasteiger partial charge in [0.05, 0.1) is 6.10 Å². The zero-order valence-corrected chi connectivity index (χ0v) is 11.7. The van der Waals surface area contributed by atoms with Gasteiger partial charge < -0.3 is 15.4 Å². The molecule has 0 radical (unpaired) electrons. The van der Waals surface area contributed by atoms with Crippen molar-refractivity contribution >= 4 is 5.91 Å². The van der Waals surface area contributed by atoms with Gasteiger partial charge in [0.15, 0.2) is 0 Å². The number of rotatable bonds is 4. The maximum Gasteiger partial charge on any atom is 0.251 e. The zero-order chi connectivity index (χ0) is 14.5. The van der Waals surface area contributed by atoms with Crippen molar-refractivity contribution in [3.8, 4) is 0 Å². The molecule has 6 heteroatoms. The van der Waals surface area contributed by atoms with Gasteiger partial charge in [-0.15, -0.1) is 0 Å². The van der Waals surface area contributed by atoms with Crippen LogP contribution >= 0.6 is 0 Å². The number of aliphatic hydroxyl groups excluding tert-OH is 1. The molecule has 1 heterocycles. The van der Waals surface area contributed by atoms with Gasteiger partial charge in [-0.05, 0) is 26.2 Å². The van der Waals surface area contributed by atoms with Gasteiger partial charge in [-0.25, -0.2) is 4.98 Å². The first-order valence-electron chi connectivity index (χ1n) is 7.07. The van der Waals surface area contributed by atoms with Crippen LogP contribution in [0, 0.1) is 12.8 Å².